The Bertz CT molecular complexity index is 552. The zero-order valence-corrected chi connectivity index (χ0v) is 10.2. The molecular weight excluding hydrogens is 232 g/mol. The van der Waals surface area contributed by atoms with Crippen molar-refractivity contribution >= 4 is 11.8 Å². The molecule has 0 aliphatic heterocycles. The zero-order chi connectivity index (χ0) is 13.1. The first kappa shape index (κ1) is 12.0. The summed E-state index contributed by atoms with van der Waals surface area (Å²) in [7, 11) is 3.17. The molecule has 0 aliphatic carbocycles. The molecule has 0 unspecified atom stereocenters. The maximum Gasteiger partial charge on any atom is 0.222 e. The third-order valence-corrected chi connectivity index (χ3v) is 2.45. The first-order valence-corrected chi connectivity index (χ1v) is 5.26. The highest BCUT2D eigenvalue weighted by Crippen LogP contribution is 2.32. The van der Waals surface area contributed by atoms with Gasteiger partial charge in [-0.3, -0.25) is 0 Å². The van der Waals surface area contributed by atoms with Crippen molar-refractivity contribution in [3.63, 3.8) is 0 Å². The van der Waals surface area contributed by atoms with Crippen molar-refractivity contribution in [3.8, 4) is 22.8 Å². The van der Waals surface area contributed by atoms with E-state index in [0.29, 0.717) is 23.0 Å². The summed E-state index contributed by atoms with van der Waals surface area (Å²) in [4.78, 5) is 7.97. The van der Waals surface area contributed by atoms with Crippen molar-refractivity contribution < 1.29 is 9.47 Å². The molecule has 0 aliphatic rings. The third kappa shape index (κ3) is 2.27. The summed E-state index contributed by atoms with van der Waals surface area (Å²) in [6.07, 6.45) is 0. The molecule has 0 atom stereocenters. The van der Waals surface area contributed by atoms with Gasteiger partial charge in [0.25, 0.3) is 0 Å². The molecule has 1 aromatic carbocycles. The van der Waals surface area contributed by atoms with Crippen molar-refractivity contribution in [1.29, 1.82) is 0 Å². The number of aromatic nitrogens is 2. The first-order chi connectivity index (χ1) is 8.63. The van der Waals surface area contributed by atoms with Crippen LogP contribution in [0.5, 0.6) is 11.5 Å². The molecule has 0 saturated carbocycles. The molecule has 0 bridgehead atoms. The number of nitrogen functional groups attached to an aromatic ring is 2. The molecular formula is C12H14N4O2. The van der Waals surface area contributed by atoms with Crippen LogP contribution in [0.4, 0.5) is 11.8 Å². The minimum atomic E-state index is 0.120. The van der Waals surface area contributed by atoms with E-state index in [4.69, 9.17) is 20.9 Å². The molecule has 0 radical (unpaired) electrons. The lowest BCUT2D eigenvalue weighted by atomic mass is 10.1. The Morgan fingerprint density at radius 2 is 1.78 bits per heavy atom. The van der Waals surface area contributed by atoms with Gasteiger partial charge in [0.15, 0.2) is 0 Å². The zero-order valence-electron chi connectivity index (χ0n) is 10.2. The van der Waals surface area contributed by atoms with E-state index < -0.39 is 0 Å². The first-order valence-electron chi connectivity index (χ1n) is 5.26. The maximum atomic E-state index is 5.66. The fraction of sp³-hybridized carbons (Fsp3) is 0.167. The summed E-state index contributed by atoms with van der Waals surface area (Å²) in [5.74, 6) is 1.78. The quantitative estimate of drug-likeness (QED) is 0.848. The van der Waals surface area contributed by atoms with E-state index in [1.807, 2.05) is 0 Å². The van der Waals surface area contributed by atoms with Crippen LogP contribution in [0.1, 0.15) is 0 Å². The molecule has 1 aromatic heterocycles. The SMILES string of the molecule is COc1ccc(OC)c(-c2cc(N)nc(N)n2)c1. The minimum absolute atomic E-state index is 0.120. The highest BCUT2D eigenvalue weighted by molar-refractivity contribution is 5.71. The molecule has 18 heavy (non-hydrogen) atoms. The van der Waals surface area contributed by atoms with Gasteiger partial charge in [-0.25, -0.2) is 4.98 Å². The monoisotopic (exact) mass is 246 g/mol. The van der Waals surface area contributed by atoms with Crippen LogP contribution in [0.2, 0.25) is 0 Å². The molecule has 0 amide bonds. The molecule has 0 saturated heterocycles. The van der Waals surface area contributed by atoms with Crippen LogP contribution in [0, 0.1) is 0 Å². The topological polar surface area (TPSA) is 96.3 Å². The molecule has 0 spiro atoms. The van der Waals surface area contributed by atoms with Crippen molar-refractivity contribution in [2.75, 3.05) is 25.7 Å². The number of hydrogen-bond acceptors (Lipinski definition) is 6. The molecule has 2 aromatic rings. The van der Waals surface area contributed by atoms with Gasteiger partial charge in [-0.1, -0.05) is 0 Å². The normalized spacial score (nSPS) is 10.1. The average molecular weight is 246 g/mol. The summed E-state index contributed by atoms with van der Waals surface area (Å²) in [5.41, 5.74) is 12.6. The average Bonchev–Trinajstić information content (AvgIpc) is 2.36. The Balaban J connectivity index is 2.60. The molecule has 6 heteroatoms. The molecule has 1 heterocycles. The van der Waals surface area contributed by atoms with Crippen molar-refractivity contribution in [1.82, 2.24) is 9.97 Å². The van der Waals surface area contributed by atoms with E-state index in [-0.39, 0.29) is 5.95 Å². The second-order valence-electron chi connectivity index (χ2n) is 3.60. The largest absolute Gasteiger partial charge is 0.497 e. The summed E-state index contributed by atoms with van der Waals surface area (Å²) in [6.45, 7) is 0. The van der Waals surface area contributed by atoms with Crippen molar-refractivity contribution in [3.05, 3.63) is 24.3 Å². The number of nitrogens with zero attached hydrogens (tertiary/aromatic N) is 2. The van der Waals surface area contributed by atoms with Gasteiger partial charge in [0.2, 0.25) is 5.95 Å². The second-order valence-corrected chi connectivity index (χ2v) is 3.60. The fourth-order valence-corrected chi connectivity index (χ4v) is 1.64. The fourth-order valence-electron chi connectivity index (χ4n) is 1.64. The standard InChI is InChI=1S/C12H14N4O2/c1-17-7-3-4-10(18-2)8(5-7)9-6-11(13)16-12(14)15-9/h3-6H,1-2H3,(H4,13,14,15,16). The van der Waals surface area contributed by atoms with Gasteiger partial charge in [0, 0.05) is 11.6 Å². The summed E-state index contributed by atoms with van der Waals surface area (Å²) < 4.78 is 10.5. The Hall–Kier alpha value is -2.50. The van der Waals surface area contributed by atoms with Crippen LogP contribution in [0.15, 0.2) is 24.3 Å². The molecule has 6 nitrogen and oxygen atoms in total. The number of ether oxygens (including phenoxy) is 2. The van der Waals surface area contributed by atoms with E-state index in [0.717, 1.165) is 5.56 Å². The van der Waals surface area contributed by atoms with Crippen LogP contribution >= 0.6 is 0 Å². The lowest BCUT2D eigenvalue weighted by Gasteiger charge is -2.10. The predicted octanol–water partition coefficient (Wildman–Crippen LogP) is 1.33. The minimum Gasteiger partial charge on any atom is -0.497 e. The number of hydrogen-bond donors (Lipinski definition) is 2. The Morgan fingerprint density at radius 1 is 1.00 bits per heavy atom. The summed E-state index contributed by atoms with van der Waals surface area (Å²) in [6, 6.07) is 7.03. The van der Waals surface area contributed by atoms with Gasteiger partial charge < -0.3 is 20.9 Å². The van der Waals surface area contributed by atoms with E-state index in [9.17, 15) is 0 Å². The Kier molecular flexibility index (Phi) is 3.18. The van der Waals surface area contributed by atoms with Gasteiger partial charge >= 0.3 is 0 Å². The number of nitrogens with two attached hydrogens (primary N) is 2. The van der Waals surface area contributed by atoms with Gasteiger partial charge in [0.05, 0.1) is 19.9 Å². The van der Waals surface area contributed by atoms with Gasteiger partial charge in [-0.05, 0) is 18.2 Å². The van der Waals surface area contributed by atoms with Crippen molar-refractivity contribution in [2.24, 2.45) is 0 Å². The molecule has 94 valence electrons. The van der Waals surface area contributed by atoms with E-state index in [1.165, 1.54) is 0 Å². The highest BCUT2D eigenvalue weighted by atomic mass is 16.5. The summed E-state index contributed by atoms with van der Waals surface area (Å²) >= 11 is 0. The van der Waals surface area contributed by atoms with E-state index >= 15 is 0 Å². The van der Waals surface area contributed by atoms with Crippen LogP contribution in [0.3, 0.4) is 0 Å². The Morgan fingerprint density at radius 3 is 2.39 bits per heavy atom. The lowest BCUT2D eigenvalue weighted by molar-refractivity contribution is 0.404. The van der Waals surface area contributed by atoms with Gasteiger partial charge in [-0.15, -0.1) is 0 Å². The molecule has 2 rings (SSSR count). The molecule has 4 N–H and O–H groups in total. The Labute approximate surface area is 105 Å². The number of benzene rings is 1. The van der Waals surface area contributed by atoms with Crippen LogP contribution < -0.4 is 20.9 Å². The number of rotatable bonds is 3. The number of anilines is 2. The maximum absolute atomic E-state index is 5.66. The molecule has 0 fully saturated rings. The van der Waals surface area contributed by atoms with Crippen LogP contribution in [-0.4, -0.2) is 24.2 Å². The van der Waals surface area contributed by atoms with Crippen molar-refractivity contribution in [2.45, 2.75) is 0 Å². The lowest BCUT2D eigenvalue weighted by Crippen LogP contribution is -2.01. The smallest absolute Gasteiger partial charge is 0.222 e. The van der Waals surface area contributed by atoms with Gasteiger partial charge in [-0.2, -0.15) is 4.98 Å². The third-order valence-electron chi connectivity index (χ3n) is 2.45. The number of methoxy groups -OCH3 is 2. The predicted molar refractivity (Wildman–Crippen MR) is 69.4 cm³/mol. The van der Waals surface area contributed by atoms with E-state index in [2.05, 4.69) is 9.97 Å². The highest BCUT2D eigenvalue weighted by Gasteiger charge is 2.10. The van der Waals surface area contributed by atoms with Crippen LogP contribution in [-0.2, 0) is 0 Å². The van der Waals surface area contributed by atoms with E-state index in [1.54, 1.807) is 38.5 Å². The van der Waals surface area contributed by atoms with Gasteiger partial charge in [0.1, 0.15) is 17.3 Å². The summed E-state index contributed by atoms with van der Waals surface area (Å²) in [5, 5.41) is 0. The van der Waals surface area contributed by atoms with Crippen LogP contribution in [0.25, 0.3) is 11.3 Å². The second kappa shape index (κ2) is 4.79.